The Morgan fingerprint density at radius 2 is 2.09 bits per heavy atom. The first-order valence-electron chi connectivity index (χ1n) is 10.2. The molecule has 2 amide bonds. The number of morpholine rings is 1. The van der Waals surface area contributed by atoms with Crippen molar-refractivity contribution in [1.29, 1.82) is 0 Å². The minimum Gasteiger partial charge on any atom is -0.380 e. The number of pyridine rings is 1. The molecule has 0 bridgehead atoms. The number of nitrogens with one attached hydrogen (secondary N) is 1. The summed E-state index contributed by atoms with van der Waals surface area (Å²) in [6.45, 7) is 1.62. The van der Waals surface area contributed by atoms with Gasteiger partial charge in [-0.15, -0.1) is 5.10 Å². The third-order valence-corrected chi connectivity index (χ3v) is 5.48. The van der Waals surface area contributed by atoms with Crippen LogP contribution in [0.5, 0.6) is 0 Å². The van der Waals surface area contributed by atoms with Crippen molar-refractivity contribution in [3.63, 3.8) is 0 Å². The highest BCUT2D eigenvalue weighted by atomic mass is 19.1. The Balaban J connectivity index is 1.51. The van der Waals surface area contributed by atoms with Crippen LogP contribution in [0, 0.1) is 5.82 Å². The monoisotopic (exact) mass is 454 g/mol. The molecular formula is C22H23FN6O4. The van der Waals surface area contributed by atoms with E-state index >= 15 is 0 Å². The maximum Gasteiger partial charge on any atom is 0.263 e. The van der Waals surface area contributed by atoms with Gasteiger partial charge in [0.1, 0.15) is 5.82 Å². The van der Waals surface area contributed by atoms with Crippen LogP contribution in [0.25, 0.3) is 5.69 Å². The number of anilines is 2. The molecule has 0 spiro atoms. The Bertz CT molecular complexity index is 1170. The lowest BCUT2D eigenvalue weighted by Gasteiger charge is -2.40. The zero-order valence-electron chi connectivity index (χ0n) is 17.8. The van der Waals surface area contributed by atoms with Crippen molar-refractivity contribution in [2.24, 2.45) is 5.73 Å². The summed E-state index contributed by atoms with van der Waals surface area (Å²) in [7, 11) is 0. The molecule has 0 aliphatic carbocycles. The molecule has 3 heterocycles. The highest BCUT2D eigenvalue weighted by Gasteiger charge is 2.51. The molecule has 2 aromatic heterocycles. The summed E-state index contributed by atoms with van der Waals surface area (Å²) in [5.74, 6) is -1.77. The molecule has 11 heteroatoms. The number of amides is 2. The first kappa shape index (κ1) is 22.5. The number of aromatic nitrogens is 3. The summed E-state index contributed by atoms with van der Waals surface area (Å²) in [6.07, 6.45) is 3.08. The molecule has 1 aromatic carbocycles. The molecule has 4 rings (SSSR count). The number of nitrogens with zero attached hydrogens (tertiary/aromatic N) is 4. The number of hydrogen-bond acceptors (Lipinski definition) is 7. The van der Waals surface area contributed by atoms with E-state index in [1.54, 1.807) is 41.5 Å². The minimum atomic E-state index is -1.86. The summed E-state index contributed by atoms with van der Waals surface area (Å²) >= 11 is 0. The number of ether oxygens (including phenoxy) is 1. The van der Waals surface area contributed by atoms with E-state index in [-0.39, 0.29) is 30.9 Å². The van der Waals surface area contributed by atoms with E-state index in [9.17, 15) is 19.1 Å². The van der Waals surface area contributed by atoms with Crippen molar-refractivity contribution in [3.8, 4) is 5.69 Å². The molecule has 1 aliphatic heterocycles. The molecule has 1 saturated heterocycles. The van der Waals surface area contributed by atoms with Crippen molar-refractivity contribution >= 4 is 23.3 Å². The van der Waals surface area contributed by atoms with Crippen LogP contribution in [0.1, 0.15) is 12.5 Å². The largest absolute Gasteiger partial charge is 0.380 e. The zero-order chi connectivity index (χ0) is 23.6. The maximum atomic E-state index is 14.0. The Labute approximate surface area is 188 Å². The van der Waals surface area contributed by atoms with Crippen LogP contribution in [0.4, 0.5) is 15.9 Å². The molecule has 1 fully saturated rings. The first-order chi connectivity index (χ1) is 15.8. The van der Waals surface area contributed by atoms with Crippen molar-refractivity contribution in [2.45, 2.75) is 25.2 Å². The van der Waals surface area contributed by atoms with Crippen LogP contribution >= 0.6 is 0 Å². The molecular weight excluding hydrogens is 431 g/mol. The van der Waals surface area contributed by atoms with E-state index in [1.807, 2.05) is 0 Å². The molecule has 0 saturated carbocycles. The molecule has 172 valence electrons. The van der Waals surface area contributed by atoms with E-state index in [0.29, 0.717) is 5.82 Å². The van der Waals surface area contributed by atoms with Crippen molar-refractivity contribution in [3.05, 3.63) is 66.4 Å². The Morgan fingerprint density at radius 3 is 2.79 bits per heavy atom. The standard InChI is InChI=1S/C22H23FN6O4/c1-22(19(30)20(31)26-15-3-2-14(13-24)17(23)12-15)21(32)28(10-11-33-22)18-6-9-29(27-18)16-4-7-25-8-5-16/h2-9,12,19,30H,10-11,13,24H2,1H3,(H,26,31)/t19?,22-/m1/s1. The number of aliphatic hydroxyl groups is 1. The summed E-state index contributed by atoms with van der Waals surface area (Å²) in [5.41, 5.74) is 4.74. The highest BCUT2D eigenvalue weighted by molar-refractivity contribution is 6.05. The second kappa shape index (κ2) is 9.06. The SMILES string of the molecule is C[C@]1(C(O)C(=O)Nc2ccc(CN)c(F)c2)OCCN(c2ccn(-c3ccncc3)n2)C1=O. The molecule has 1 aliphatic rings. The smallest absolute Gasteiger partial charge is 0.263 e. The number of nitrogens with two attached hydrogens (primary N) is 1. The number of halogens is 1. The molecule has 1 unspecified atom stereocenters. The number of benzene rings is 1. The second-order valence-electron chi connectivity index (χ2n) is 7.64. The Hall–Kier alpha value is -3.67. The Kier molecular flexibility index (Phi) is 6.18. The fourth-order valence-electron chi connectivity index (χ4n) is 3.54. The van der Waals surface area contributed by atoms with Crippen LogP contribution in [0.15, 0.2) is 55.0 Å². The van der Waals surface area contributed by atoms with Gasteiger partial charge in [0.05, 0.1) is 18.8 Å². The summed E-state index contributed by atoms with van der Waals surface area (Å²) in [6, 6.07) is 9.16. The van der Waals surface area contributed by atoms with Crippen LogP contribution < -0.4 is 16.0 Å². The number of carbonyl (C=O) groups excluding carboxylic acids is 2. The summed E-state index contributed by atoms with van der Waals surface area (Å²) in [5, 5.41) is 17.6. The fraction of sp³-hybridized carbons (Fsp3) is 0.273. The average Bonchev–Trinajstić information content (AvgIpc) is 3.31. The van der Waals surface area contributed by atoms with Crippen molar-refractivity contribution in [1.82, 2.24) is 14.8 Å². The lowest BCUT2D eigenvalue weighted by atomic mass is 9.94. The van der Waals surface area contributed by atoms with Gasteiger partial charge in [-0.05, 0) is 31.2 Å². The van der Waals surface area contributed by atoms with Crippen molar-refractivity contribution in [2.75, 3.05) is 23.4 Å². The minimum absolute atomic E-state index is 0.00978. The van der Waals surface area contributed by atoms with Gasteiger partial charge in [0.25, 0.3) is 11.8 Å². The quantitative estimate of drug-likeness (QED) is 0.505. The molecule has 33 heavy (non-hydrogen) atoms. The van der Waals surface area contributed by atoms with E-state index in [2.05, 4.69) is 15.4 Å². The highest BCUT2D eigenvalue weighted by Crippen LogP contribution is 2.28. The predicted molar refractivity (Wildman–Crippen MR) is 117 cm³/mol. The van der Waals surface area contributed by atoms with Crippen LogP contribution in [0.3, 0.4) is 0 Å². The van der Waals surface area contributed by atoms with Gasteiger partial charge in [-0.25, -0.2) is 9.07 Å². The topological polar surface area (TPSA) is 136 Å². The Morgan fingerprint density at radius 1 is 1.33 bits per heavy atom. The van der Waals surface area contributed by atoms with E-state index in [4.69, 9.17) is 10.5 Å². The molecule has 3 aromatic rings. The number of aliphatic hydroxyl groups excluding tert-OH is 1. The molecule has 2 atom stereocenters. The van der Waals surface area contributed by atoms with Gasteiger partial charge in [0.2, 0.25) is 0 Å². The van der Waals surface area contributed by atoms with E-state index in [1.165, 1.54) is 24.0 Å². The molecule has 10 nitrogen and oxygen atoms in total. The summed E-state index contributed by atoms with van der Waals surface area (Å²) in [4.78, 5) is 31.3. The van der Waals surface area contributed by atoms with Gasteiger partial charge in [-0.3, -0.25) is 19.5 Å². The predicted octanol–water partition coefficient (Wildman–Crippen LogP) is 0.987. The summed E-state index contributed by atoms with van der Waals surface area (Å²) < 4.78 is 21.1. The first-order valence-corrected chi connectivity index (χ1v) is 10.2. The van der Waals surface area contributed by atoms with Crippen LogP contribution in [-0.2, 0) is 20.9 Å². The normalized spacial score (nSPS) is 19.4. The van der Waals surface area contributed by atoms with Gasteiger partial charge in [-0.1, -0.05) is 6.07 Å². The van der Waals surface area contributed by atoms with Crippen LogP contribution in [-0.4, -0.2) is 56.5 Å². The van der Waals surface area contributed by atoms with Crippen molar-refractivity contribution < 1.29 is 23.8 Å². The number of rotatable bonds is 6. The maximum absolute atomic E-state index is 14.0. The third kappa shape index (κ3) is 4.33. The van der Waals surface area contributed by atoms with Crippen LogP contribution in [0.2, 0.25) is 0 Å². The van der Waals surface area contributed by atoms with Gasteiger partial charge in [0, 0.05) is 42.5 Å². The van der Waals surface area contributed by atoms with Gasteiger partial charge in [0.15, 0.2) is 17.5 Å². The number of hydrogen-bond donors (Lipinski definition) is 3. The van der Waals surface area contributed by atoms with Gasteiger partial charge in [-0.2, -0.15) is 0 Å². The zero-order valence-corrected chi connectivity index (χ0v) is 17.8. The fourth-order valence-corrected chi connectivity index (χ4v) is 3.54. The second-order valence-corrected chi connectivity index (χ2v) is 7.64. The molecule has 0 radical (unpaired) electrons. The van der Waals surface area contributed by atoms with E-state index in [0.717, 1.165) is 11.8 Å². The van der Waals surface area contributed by atoms with Gasteiger partial charge >= 0.3 is 0 Å². The average molecular weight is 454 g/mol. The lowest BCUT2D eigenvalue weighted by molar-refractivity contribution is -0.170. The number of carbonyl (C=O) groups is 2. The van der Waals surface area contributed by atoms with Gasteiger partial charge < -0.3 is 20.9 Å². The lowest BCUT2D eigenvalue weighted by Crippen LogP contribution is -2.63. The van der Waals surface area contributed by atoms with E-state index < -0.39 is 29.3 Å². The third-order valence-electron chi connectivity index (χ3n) is 5.48. The molecule has 4 N–H and O–H groups in total.